The molecule has 1 aromatic heterocycles. The lowest BCUT2D eigenvalue weighted by Gasteiger charge is -2.28. The van der Waals surface area contributed by atoms with Crippen molar-refractivity contribution in [2.24, 2.45) is 5.14 Å². The quantitative estimate of drug-likeness (QED) is 0.750. The normalized spacial score (nSPS) is 17.9. The summed E-state index contributed by atoms with van der Waals surface area (Å²) >= 11 is 0. The van der Waals surface area contributed by atoms with E-state index in [9.17, 15) is 8.42 Å². The maximum absolute atomic E-state index is 11.3. The molecule has 17 heavy (non-hydrogen) atoms. The molecule has 3 N–H and O–H groups in total. The second-order valence-electron chi connectivity index (χ2n) is 3.63. The Morgan fingerprint density at radius 2 is 2.12 bits per heavy atom. The second kappa shape index (κ2) is 4.96. The summed E-state index contributed by atoms with van der Waals surface area (Å²) in [5.74, 6) is 0. The summed E-state index contributed by atoms with van der Waals surface area (Å²) in [6.45, 7) is 2.60. The first-order chi connectivity index (χ1) is 8.07. The van der Waals surface area contributed by atoms with Crippen molar-refractivity contribution in [1.82, 2.24) is 9.99 Å². The Bertz CT molecular complexity index is 485. The zero-order valence-electron chi connectivity index (χ0n) is 9.17. The van der Waals surface area contributed by atoms with Crippen LogP contribution in [0.2, 0.25) is 0 Å². The molecule has 2 rings (SSSR count). The van der Waals surface area contributed by atoms with E-state index in [-0.39, 0.29) is 4.90 Å². The number of nitrogens with two attached hydrogens (primary N) is 1. The number of sulfonamides is 1. The van der Waals surface area contributed by atoms with E-state index in [0.717, 1.165) is 0 Å². The Labute approximate surface area is 99.6 Å². The molecule has 8 heteroatoms. The lowest BCUT2D eigenvalue weighted by Crippen LogP contribution is -2.40. The third-order valence-corrected chi connectivity index (χ3v) is 3.32. The van der Waals surface area contributed by atoms with Gasteiger partial charge in [-0.25, -0.2) is 18.6 Å². The number of hydrazine groups is 1. The van der Waals surface area contributed by atoms with Crippen molar-refractivity contribution in [3.8, 4) is 0 Å². The summed E-state index contributed by atoms with van der Waals surface area (Å²) in [6.07, 6.45) is 2.75. The highest BCUT2D eigenvalue weighted by Crippen LogP contribution is 2.18. The van der Waals surface area contributed by atoms with E-state index in [2.05, 4.69) is 10.4 Å². The average molecular weight is 258 g/mol. The van der Waals surface area contributed by atoms with Crippen molar-refractivity contribution in [1.29, 1.82) is 0 Å². The van der Waals surface area contributed by atoms with Crippen molar-refractivity contribution < 1.29 is 13.2 Å². The van der Waals surface area contributed by atoms with E-state index >= 15 is 0 Å². The second-order valence-corrected chi connectivity index (χ2v) is 5.16. The van der Waals surface area contributed by atoms with Gasteiger partial charge in [0.15, 0.2) is 0 Å². The van der Waals surface area contributed by atoms with Gasteiger partial charge in [0, 0.05) is 25.5 Å². The zero-order chi connectivity index (χ0) is 12.3. The Hall–Kier alpha value is -1.22. The maximum atomic E-state index is 11.3. The fraction of sp³-hybridized carbons (Fsp3) is 0.444. The first kappa shape index (κ1) is 12.2. The van der Waals surface area contributed by atoms with Crippen LogP contribution in [0.15, 0.2) is 23.4 Å². The van der Waals surface area contributed by atoms with Gasteiger partial charge in [-0.15, -0.1) is 0 Å². The molecule has 0 radical (unpaired) electrons. The fourth-order valence-corrected chi connectivity index (χ4v) is 2.17. The Morgan fingerprint density at radius 1 is 1.41 bits per heavy atom. The van der Waals surface area contributed by atoms with E-state index in [1.807, 2.05) is 5.01 Å². The van der Waals surface area contributed by atoms with E-state index < -0.39 is 10.0 Å². The van der Waals surface area contributed by atoms with E-state index in [1.54, 1.807) is 6.07 Å². The molecule has 1 aromatic rings. The molecule has 1 saturated heterocycles. The molecular weight excluding hydrogens is 244 g/mol. The van der Waals surface area contributed by atoms with Crippen LogP contribution in [0, 0.1) is 0 Å². The number of primary sulfonamides is 1. The van der Waals surface area contributed by atoms with Crippen molar-refractivity contribution >= 4 is 15.7 Å². The smallest absolute Gasteiger partial charge is 0.241 e. The van der Waals surface area contributed by atoms with Crippen LogP contribution >= 0.6 is 0 Å². The lowest BCUT2D eigenvalue weighted by atomic mass is 10.4. The number of ether oxygens (including phenoxy) is 1. The number of pyridine rings is 1. The summed E-state index contributed by atoms with van der Waals surface area (Å²) in [4.78, 5) is 3.75. The van der Waals surface area contributed by atoms with Gasteiger partial charge in [0.1, 0.15) is 4.90 Å². The number of aromatic nitrogens is 1. The third-order valence-electron chi connectivity index (χ3n) is 2.38. The van der Waals surface area contributed by atoms with Gasteiger partial charge in [0.05, 0.1) is 18.9 Å². The van der Waals surface area contributed by atoms with Gasteiger partial charge in [-0.2, -0.15) is 0 Å². The molecule has 0 amide bonds. The first-order valence-electron chi connectivity index (χ1n) is 5.13. The highest BCUT2D eigenvalue weighted by Gasteiger charge is 2.17. The summed E-state index contributed by atoms with van der Waals surface area (Å²) in [5, 5.41) is 6.99. The van der Waals surface area contributed by atoms with Crippen molar-refractivity contribution in [3.05, 3.63) is 18.5 Å². The summed E-state index contributed by atoms with van der Waals surface area (Å²) in [5.41, 5.74) is 3.44. The average Bonchev–Trinajstić information content (AvgIpc) is 2.30. The lowest BCUT2D eigenvalue weighted by molar-refractivity contribution is 0.0495. The minimum atomic E-state index is -3.77. The van der Waals surface area contributed by atoms with Gasteiger partial charge in [0.2, 0.25) is 10.0 Å². The van der Waals surface area contributed by atoms with Gasteiger partial charge >= 0.3 is 0 Å². The summed E-state index contributed by atoms with van der Waals surface area (Å²) in [6, 6.07) is 1.58. The van der Waals surface area contributed by atoms with Crippen LogP contribution in [0.4, 0.5) is 5.69 Å². The van der Waals surface area contributed by atoms with Gasteiger partial charge in [-0.05, 0) is 6.07 Å². The topological polar surface area (TPSA) is 97.6 Å². The van der Waals surface area contributed by atoms with E-state index in [1.165, 1.54) is 12.4 Å². The number of nitrogens with zero attached hydrogens (tertiary/aromatic N) is 2. The van der Waals surface area contributed by atoms with E-state index in [0.29, 0.717) is 32.0 Å². The van der Waals surface area contributed by atoms with Gasteiger partial charge in [-0.1, -0.05) is 0 Å². The van der Waals surface area contributed by atoms with Crippen LogP contribution in [-0.2, 0) is 14.8 Å². The molecular formula is C9H14N4O3S. The number of hydrogen-bond donors (Lipinski definition) is 2. The monoisotopic (exact) mass is 258 g/mol. The summed E-state index contributed by atoms with van der Waals surface area (Å²) < 4.78 is 27.9. The predicted octanol–water partition coefficient (Wildman–Crippen LogP) is -0.612. The van der Waals surface area contributed by atoms with Gasteiger partial charge in [0.25, 0.3) is 0 Å². The summed E-state index contributed by atoms with van der Waals surface area (Å²) in [7, 11) is -3.77. The van der Waals surface area contributed by atoms with Gasteiger partial charge in [-0.3, -0.25) is 4.98 Å². The fourth-order valence-electron chi connectivity index (χ4n) is 1.54. The molecule has 1 fully saturated rings. The number of hydrogen-bond acceptors (Lipinski definition) is 6. The molecule has 2 heterocycles. The molecule has 94 valence electrons. The van der Waals surface area contributed by atoms with Crippen LogP contribution in [0.5, 0.6) is 0 Å². The molecule has 0 saturated carbocycles. The largest absolute Gasteiger partial charge is 0.379 e. The van der Waals surface area contributed by atoms with Crippen LogP contribution in [0.25, 0.3) is 0 Å². The molecule has 0 aromatic carbocycles. The van der Waals surface area contributed by atoms with Crippen LogP contribution in [-0.4, -0.2) is 44.7 Å². The van der Waals surface area contributed by atoms with Crippen molar-refractivity contribution in [2.45, 2.75) is 4.90 Å². The number of anilines is 1. The first-order valence-corrected chi connectivity index (χ1v) is 6.68. The number of morpholine rings is 1. The Balaban J connectivity index is 2.20. The molecule has 0 spiro atoms. The highest BCUT2D eigenvalue weighted by atomic mass is 32.2. The molecule has 7 nitrogen and oxygen atoms in total. The van der Waals surface area contributed by atoms with Gasteiger partial charge < -0.3 is 10.2 Å². The predicted molar refractivity (Wildman–Crippen MR) is 61.6 cm³/mol. The maximum Gasteiger partial charge on any atom is 0.241 e. The van der Waals surface area contributed by atoms with Crippen molar-refractivity contribution in [3.63, 3.8) is 0 Å². The molecule has 1 aliphatic rings. The van der Waals surface area contributed by atoms with E-state index in [4.69, 9.17) is 9.88 Å². The minimum absolute atomic E-state index is 0.00788. The van der Waals surface area contributed by atoms with Crippen LogP contribution in [0.1, 0.15) is 0 Å². The van der Waals surface area contributed by atoms with Crippen molar-refractivity contribution in [2.75, 3.05) is 31.7 Å². The Morgan fingerprint density at radius 3 is 2.76 bits per heavy atom. The molecule has 1 aliphatic heterocycles. The SMILES string of the molecule is NS(=O)(=O)c1cnccc1NN1CCOCC1. The zero-order valence-corrected chi connectivity index (χ0v) is 9.98. The molecule has 0 bridgehead atoms. The van der Waals surface area contributed by atoms with Crippen LogP contribution < -0.4 is 10.6 Å². The number of rotatable bonds is 3. The highest BCUT2D eigenvalue weighted by molar-refractivity contribution is 7.89. The minimum Gasteiger partial charge on any atom is -0.379 e. The number of nitrogens with one attached hydrogen (secondary N) is 1. The molecule has 0 aliphatic carbocycles. The standard InChI is InChI=1S/C9H14N4O3S/c10-17(14,15)9-7-11-2-1-8(9)12-13-3-5-16-6-4-13/h1-2,7H,3-6H2,(H,11,12)(H2,10,14,15). The molecule has 0 unspecified atom stereocenters. The third kappa shape index (κ3) is 3.13. The van der Waals surface area contributed by atoms with Crippen LogP contribution in [0.3, 0.4) is 0 Å². The Kier molecular flexibility index (Phi) is 3.57. The molecule has 0 atom stereocenters.